The number of ether oxygens (including phenoxy) is 1. The predicted octanol–water partition coefficient (Wildman–Crippen LogP) is 1.62. The van der Waals surface area contributed by atoms with E-state index in [1.807, 2.05) is 0 Å². The molecule has 1 heterocycles. The van der Waals surface area contributed by atoms with Gasteiger partial charge in [0.2, 0.25) is 5.91 Å². The predicted molar refractivity (Wildman–Crippen MR) is 75.7 cm³/mol. The van der Waals surface area contributed by atoms with Crippen LogP contribution in [0.4, 0.5) is 20.7 Å². The number of aromatic nitrogens is 3. The second-order valence-electron chi connectivity index (χ2n) is 4.16. The van der Waals surface area contributed by atoms with Crippen LogP contribution in [-0.4, -0.2) is 33.6 Å². The molecular formula is C13H14FN5O3. The van der Waals surface area contributed by atoms with Crippen molar-refractivity contribution < 1.29 is 18.7 Å². The van der Waals surface area contributed by atoms with Gasteiger partial charge in [-0.3, -0.25) is 10.1 Å². The summed E-state index contributed by atoms with van der Waals surface area (Å²) in [6, 6.07) is 5.36. The maximum absolute atomic E-state index is 12.8. The zero-order valence-electron chi connectivity index (χ0n) is 11.7. The molecule has 1 aromatic heterocycles. The molecular weight excluding hydrogens is 293 g/mol. The van der Waals surface area contributed by atoms with Crippen LogP contribution in [0.1, 0.15) is 6.92 Å². The summed E-state index contributed by atoms with van der Waals surface area (Å²) in [5.41, 5.74) is 0.462. The van der Waals surface area contributed by atoms with Crippen LogP contribution in [0.15, 0.2) is 30.5 Å². The number of carbonyl (C=O) groups is 2. The van der Waals surface area contributed by atoms with Gasteiger partial charge in [0.05, 0.1) is 12.8 Å². The molecule has 0 atom stereocenters. The zero-order chi connectivity index (χ0) is 15.9. The third kappa shape index (κ3) is 4.54. The van der Waals surface area contributed by atoms with Gasteiger partial charge in [0.15, 0.2) is 5.82 Å². The van der Waals surface area contributed by atoms with E-state index >= 15 is 0 Å². The van der Waals surface area contributed by atoms with Gasteiger partial charge >= 0.3 is 6.09 Å². The number of halogens is 1. The molecule has 0 aliphatic carbocycles. The van der Waals surface area contributed by atoms with Crippen LogP contribution in [0.3, 0.4) is 0 Å². The van der Waals surface area contributed by atoms with E-state index in [4.69, 9.17) is 0 Å². The SMILES string of the molecule is CCOC(=O)Nc1cnn(CC(=O)Nc2ccc(F)cc2)n1. The van der Waals surface area contributed by atoms with Crippen LogP contribution in [0.25, 0.3) is 0 Å². The van der Waals surface area contributed by atoms with Gasteiger partial charge in [-0.05, 0) is 31.2 Å². The van der Waals surface area contributed by atoms with Gasteiger partial charge in [-0.2, -0.15) is 9.90 Å². The van der Waals surface area contributed by atoms with Crippen molar-refractivity contribution in [3.63, 3.8) is 0 Å². The van der Waals surface area contributed by atoms with Crippen molar-refractivity contribution in [1.29, 1.82) is 0 Å². The van der Waals surface area contributed by atoms with Crippen molar-refractivity contribution in [2.45, 2.75) is 13.5 Å². The highest BCUT2D eigenvalue weighted by atomic mass is 19.1. The number of nitrogens with zero attached hydrogens (tertiary/aromatic N) is 3. The maximum atomic E-state index is 12.8. The lowest BCUT2D eigenvalue weighted by molar-refractivity contribution is -0.117. The molecule has 2 aromatic rings. The molecule has 2 N–H and O–H groups in total. The molecule has 0 fully saturated rings. The molecule has 0 unspecified atom stereocenters. The molecule has 22 heavy (non-hydrogen) atoms. The molecule has 0 radical (unpaired) electrons. The lowest BCUT2D eigenvalue weighted by Gasteiger charge is -2.04. The summed E-state index contributed by atoms with van der Waals surface area (Å²) >= 11 is 0. The number of nitrogens with one attached hydrogen (secondary N) is 2. The molecule has 0 aliphatic rings. The average molecular weight is 307 g/mol. The van der Waals surface area contributed by atoms with E-state index in [0.29, 0.717) is 5.69 Å². The van der Waals surface area contributed by atoms with Gasteiger partial charge in [-0.1, -0.05) is 0 Å². The van der Waals surface area contributed by atoms with E-state index < -0.39 is 6.09 Å². The minimum atomic E-state index is -0.648. The molecule has 0 spiro atoms. The summed E-state index contributed by atoms with van der Waals surface area (Å²) in [6.07, 6.45) is 0.646. The second kappa shape index (κ2) is 7.16. The number of hydrogen-bond acceptors (Lipinski definition) is 5. The van der Waals surface area contributed by atoms with Crippen molar-refractivity contribution in [2.75, 3.05) is 17.2 Å². The summed E-state index contributed by atoms with van der Waals surface area (Å²) in [4.78, 5) is 24.1. The molecule has 2 amide bonds. The maximum Gasteiger partial charge on any atom is 0.412 e. The summed E-state index contributed by atoms with van der Waals surface area (Å²) in [5, 5.41) is 12.7. The third-order valence-corrected chi connectivity index (χ3v) is 2.46. The summed E-state index contributed by atoms with van der Waals surface area (Å²) in [6.45, 7) is 1.76. The summed E-state index contributed by atoms with van der Waals surface area (Å²) in [5.74, 6) is -0.598. The highest BCUT2D eigenvalue weighted by molar-refractivity contribution is 5.90. The Morgan fingerprint density at radius 1 is 1.27 bits per heavy atom. The lowest BCUT2D eigenvalue weighted by atomic mass is 10.3. The van der Waals surface area contributed by atoms with E-state index in [0.717, 1.165) is 4.80 Å². The highest BCUT2D eigenvalue weighted by Gasteiger charge is 2.09. The van der Waals surface area contributed by atoms with Gasteiger partial charge in [0.25, 0.3) is 0 Å². The van der Waals surface area contributed by atoms with Crippen molar-refractivity contribution in [3.05, 3.63) is 36.3 Å². The number of rotatable bonds is 5. The molecule has 0 aliphatic heterocycles. The minimum absolute atomic E-state index is 0.151. The topological polar surface area (TPSA) is 98.1 Å². The molecule has 9 heteroatoms. The Labute approximate surface area is 125 Å². The molecule has 0 bridgehead atoms. The molecule has 116 valence electrons. The van der Waals surface area contributed by atoms with Crippen molar-refractivity contribution >= 4 is 23.5 Å². The van der Waals surface area contributed by atoms with Crippen LogP contribution in [-0.2, 0) is 16.1 Å². The summed E-state index contributed by atoms with van der Waals surface area (Å²) in [7, 11) is 0. The second-order valence-corrected chi connectivity index (χ2v) is 4.16. The number of carbonyl (C=O) groups excluding carboxylic acids is 2. The minimum Gasteiger partial charge on any atom is -0.450 e. The van der Waals surface area contributed by atoms with Gasteiger partial charge < -0.3 is 10.1 Å². The summed E-state index contributed by atoms with van der Waals surface area (Å²) < 4.78 is 17.4. The van der Waals surface area contributed by atoms with Crippen molar-refractivity contribution in [1.82, 2.24) is 15.0 Å². The lowest BCUT2D eigenvalue weighted by Crippen LogP contribution is -2.20. The van der Waals surface area contributed by atoms with Crippen LogP contribution in [0, 0.1) is 5.82 Å². The third-order valence-electron chi connectivity index (χ3n) is 2.46. The Balaban J connectivity index is 1.88. The molecule has 2 rings (SSSR count). The number of anilines is 2. The number of benzene rings is 1. The van der Waals surface area contributed by atoms with E-state index in [1.165, 1.54) is 30.5 Å². The van der Waals surface area contributed by atoms with Gasteiger partial charge in [0, 0.05) is 5.69 Å². The first-order valence-corrected chi connectivity index (χ1v) is 6.46. The normalized spacial score (nSPS) is 10.1. The average Bonchev–Trinajstić information content (AvgIpc) is 2.88. The first-order valence-electron chi connectivity index (χ1n) is 6.46. The van der Waals surface area contributed by atoms with Gasteiger partial charge in [-0.15, -0.1) is 5.10 Å². The highest BCUT2D eigenvalue weighted by Crippen LogP contribution is 2.08. The first kappa shape index (κ1) is 15.4. The number of hydrogen-bond donors (Lipinski definition) is 2. The molecule has 0 saturated heterocycles. The molecule has 1 aromatic carbocycles. The van der Waals surface area contributed by atoms with Crippen molar-refractivity contribution in [3.8, 4) is 0 Å². The standard InChI is InChI=1S/C13H14FN5O3/c1-2-22-13(21)17-11-7-15-19(18-11)8-12(20)16-10-5-3-9(14)4-6-10/h3-7H,2,8H2,1H3,(H,16,20)(H,17,18,21). The largest absolute Gasteiger partial charge is 0.450 e. The van der Waals surface area contributed by atoms with Crippen molar-refractivity contribution in [2.24, 2.45) is 0 Å². The van der Waals surface area contributed by atoms with Crippen LogP contribution in [0.2, 0.25) is 0 Å². The fourth-order valence-corrected chi connectivity index (χ4v) is 1.56. The van der Waals surface area contributed by atoms with Gasteiger partial charge in [-0.25, -0.2) is 9.18 Å². The Kier molecular flexibility index (Phi) is 5.02. The Morgan fingerprint density at radius 3 is 2.68 bits per heavy atom. The van der Waals surface area contributed by atoms with Crippen LogP contribution >= 0.6 is 0 Å². The smallest absolute Gasteiger partial charge is 0.412 e. The fraction of sp³-hybridized carbons (Fsp3) is 0.231. The molecule has 0 saturated carbocycles. The first-order chi connectivity index (χ1) is 10.6. The number of amides is 2. The Hall–Kier alpha value is -2.97. The van der Waals surface area contributed by atoms with E-state index in [9.17, 15) is 14.0 Å². The quantitative estimate of drug-likeness (QED) is 0.874. The Morgan fingerprint density at radius 2 is 2.00 bits per heavy atom. The molecule has 8 nitrogen and oxygen atoms in total. The monoisotopic (exact) mass is 307 g/mol. The van der Waals surface area contributed by atoms with E-state index in [-0.39, 0.29) is 30.7 Å². The van der Waals surface area contributed by atoms with E-state index in [1.54, 1.807) is 6.92 Å². The Bertz CT molecular complexity index is 656. The van der Waals surface area contributed by atoms with E-state index in [2.05, 4.69) is 25.6 Å². The van der Waals surface area contributed by atoms with Crippen LogP contribution in [0.5, 0.6) is 0 Å². The van der Waals surface area contributed by atoms with Crippen LogP contribution < -0.4 is 10.6 Å². The zero-order valence-corrected chi connectivity index (χ0v) is 11.7. The fourth-order valence-electron chi connectivity index (χ4n) is 1.56. The van der Waals surface area contributed by atoms with Gasteiger partial charge in [0.1, 0.15) is 12.4 Å².